The number of esters is 1. The van der Waals surface area contributed by atoms with Gasteiger partial charge in [-0.15, -0.1) is 0 Å². The van der Waals surface area contributed by atoms with Crippen molar-refractivity contribution in [2.24, 2.45) is 0 Å². The van der Waals surface area contributed by atoms with Gasteiger partial charge >= 0.3 is 12.0 Å². The monoisotopic (exact) mass is 444 g/mol. The van der Waals surface area contributed by atoms with Crippen LogP contribution < -0.4 is 10.2 Å². The summed E-state index contributed by atoms with van der Waals surface area (Å²) in [7, 11) is 1.32. The Hall–Kier alpha value is -4.53. The van der Waals surface area contributed by atoms with Crippen molar-refractivity contribution in [3.8, 4) is 5.69 Å². The fraction of sp³-hybridized carbons (Fsp3) is 0.125. The number of benzene rings is 1. The van der Waals surface area contributed by atoms with Gasteiger partial charge in [-0.25, -0.2) is 14.5 Å². The zero-order valence-corrected chi connectivity index (χ0v) is 18.2. The molecule has 9 nitrogen and oxygen atoms in total. The molecule has 1 fully saturated rings. The molecule has 1 aliphatic heterocycles. The molecule has 1 aliphatic rings. The quantitative estimate of drug-likeness (QED) is 0.376. The number of pyridine rings is 1. The molecule has 9 heteroatoms. The summed E-state index contributed by atoms with van der Waals surface area (Å²) < 4.78 is 6.70. The van der Waals surface area contributed by atoms with E-state index in [9.17, 15) is 19.2 Å². The van der Waals surface area contributed by atoms with Gasteiger partial charge in [0.05, 0.1) is 18.4 Å². The number of aryl methyl sites for hydroxylation is 1. The van der Waals surface area contributed by atoms with Gasteiger partial charge in [0.25, 0.3) is 11.8 Å². The number of carbonyl (C=O) groups excluding carboxylic acids is 4. The van der Waals surface area contributed by atoms with Crippen LogP contribution in [0.1, 0.15) is 27.3 Å². The van der Waals surface area contributed by atoms with Crippen LogP contribution in [0.4, 0.5) is 10.5 Å². The molecule has 1 N–H and O–H groups in total. The predicted octanol–water partition coefficient (Wildman–Crippen LogP) is 2.94. The molecule has 0 unspecified atom stereocenters. The van der Waals surface area contributed by atoms with Crippen LogP contribution in [0.15, 0.2) is 60.4 Å². The molecule has 2 aromatic heterocycles. The van der Waals surface area contributed by atoms with E-state index in [0.717, 1.165) is 22.0 Å². The first kappa shape index (κ1) is 21.7. The molecular weight excluding hydrogens is 424 g/mol. The summed E-state index contributed by atoms with van der Waals surface area (Å²) in [4.78, 5) is 54.6. The van der Waals surface area contributed by atoms with Crippen LogP contribution >= 0.6 is 0 Å². The van der Waals surface area contributed by atoms with Gasteiger partial charge < -0.3 is 9.30 Å². The van der Waals surface area contributed by atoms with Gasteiger partial charge in [0.2, 0.25) is 0 Å². The van der Waals surface area contributed by atoms with Crippen LogP contribution in [0.25, 0.3) is 11.8 Å². The SMILES string of the molecule is COC(=O)c1cccc(-n2c(C)cc(/C=C3\C(=O)NC(=O)N(c4ccncc4)C3=O)c2C)c1. The fourth-order valence-electron chi connectivity index (χ4n) is 3.76. The van der Waals surface area contributed by atoms with Crippen molar-refractivity contribution in [1.82, 2.24) is 14.9 Å². The minimum absolute atomic E-state index is 0.171. The smallest absolute Gasteiger partial charge is 0.337 e. The van der Waals surface area contributed by atoms with Gasteiger partial charge in [-0.1, -0.05) is 6.07 Å². The maximum Gasteiger partial charge on any atom is 0.337 e. The van der Waals surface area contributed by atoms with Crippen molar-refractivity contribution in [2.75, 3.05) is 12.0 Å². The van der Waals surface area contributed by atoms with E-state index >= 15 is 0 Å². The molecule has 0 aliphatic carbocycles. The molecule has 4 rings (SSSR count). The zero-order chi connectivity index (χ0) is 23.7. The number of nitrogens with zero attached hydrogens (tertiary/aromatic N) is 3. The summed E-state index contributed by atoms with van der Waals surface area (Å²) in [5.41, 5.74) is 3.45. The van der Waals surface area contributed by atoms with Crippen molar-refractivity contribution in [3.05, 3.63) is 82.9 Å². The summed E-state index contributed by atoms with van der Waals surface area (Å²) in [5.74, 6) is -1.95. The van der Waals surface area contributed by atoms with Gasteiger partial charge in [-0.05, 0) is 61.9 Å². The Morgan fingerprint density at radius 2 is 1.76 bits per heavy atom. The number of imide groups is 2. The lowest BCUT2D eigenvalue weighted by Crippen LogP contribution is -2.54. The second kappa shape index (κ2) is 8.54. The fourth-order valence-corrected chi connectivity index (χ4v) is 3.76. The molecule has 1 saturated heterocycles. The topological polar surface area (TPSA) is 111 Å². The Bertz CT molecular complexity index is 1320. The molecule has 4 amide bonds. The lowest BCUT2D eigenvalue weighted by Gasteiger charge is -2.26. The number of aromatic nitrogens is 2. The molecule has 0 bridgehead atoms. The highest BCUT2D eigenvalue weighted by Gasteiger charge is 2.37. The highest BCUT2D eigenvalue weighted by molar-refractivity contribution is 6.39. The highest BCUT2D eigenvalue weighted by atomic mass is 16.5. The molecular formula is C24H20N4O5. The molecule has 0 atom stereocenters. The number of methoxy groups -OCH3 is 1. The Labute approximate surface area is 189 Å². The highest BCUT2D eigenvalue weighted by Crippen LogP contribution is 2.26. The lowest BCUT2D eigenvalue weighted by molar-refractivity contribution is -0.122. The first-order valence-electron chi connectivity index (χ1n) is 10.0. The normalized spacial score (nSPS) is 15.1. The zero-order valence-electron chi connectivity index (χ0n) is 18.2. The number of nitrogens with one attached hydrogen (secondary N) is 1. The summed E-state index contributed by atoms with van der Waals surface area (Å²) >= 11 is 0. The van der Waals surface area contributed by atoms with Crippen molar-refractivity contribution in [1.29, 1.82) is 0 Å². The number of amides is 4. The van der Waals surface area contributed by atoms with E-state index in [1.807, 2.05) is 30.5 Å². The van der Waals surface area contributed by atoms with Crippen LogP contribution in [0, 0.1) is 13.8 Å². The summed E-state index contributed by atoms with van der Waals surface area (Å²) in [6, 6.07) is 10.9. The number of urea groups is 1. The third-order valence-electron chi connectivity index (χ3n) is 5.32. The Balaban J connectivity index is 1.76. The van der Waals surface area contributed by atoms with E-state index in [2.05, 4.69) is 10.3 Å². The van der Waals surface area contributed by atoms with Crippen LogP contribution in [0.2, 0.25) is 0 Å². The number of carbonyl (C=O) groups is 4. The average Bonchev–Trinajstić information content (AvgIpc) is 3.09. The Morgan fingerprint density at radius 3 is 2.45 bits per heavy atom. The second-order valence-corrected chi connectivity index (χ2v) is 7.37. The number of ether oxygens (including phenoxy) is 1. The Morgan fingerprint density at radius 1 is 1.03 bits per heavy atom. The van der Waals surface area contributed by atoms with E-state index in [1.165, 1.54) is 37.7 Å². The van der Waals surface area contributed by atoms with Crippen LogP contribution in [-0.4, -0.2) is 40.5 Å². The van der Waals surface area contributed by atoms with Gasteiger partial charge in [0.15, 0.2) is 0 Å². The molecule has 3 heterocycles. The average molecular weight is 444 g/mol. The first-order valence-corrected chi connectivity index (χ1v) is 10.0. The summed E-state index contributed by atoms with van der Waals surface area (Å²) in [6.45, 7) is 3.70. The standard InChI is InChI=1S/C24H20N4O5/c1-14-11-17(15(2)27(14)19-6-4-5-16(12-19)23(31)33-3)13-20-21(29)26-24(32)28(22(20)30)18-7-9-25-10-8-18/h4-13H,1-3H3,(H,26,29,32)/b20-13+. The summed E-state index contributed by atoms with van der Waals surface area (Å²) in [6.07, 6.45) is 4.36. The maximum atomic E-state index is 13.1. The first-order chi connectivity index (χ1) is 15.8. The number of hydrogen-bond donors (Lipinski definition) is 1. The van der Waals surface area contributed by atoms with Crippen molar-refractivity contribution < 1.29 is 23.9 Å². The molecule has 1 aromatic carbocycles. The number of rotatable bonds is 4. The van der Waals surface area contributed by atoms with E-state index < -0.39 is 23.8 Å². The molecule has 3 aromatic rings. The third kappa shape index (κ3) is 3.91. The van der Waals surface area contributed by atoms with Crippen molar-refractivity contribution >= 4 is 35.6 Å². The largest absolute Gasteiger partial charge is 0.465 e. The van der Waals surface area contributed by atoms with E-state index in [4.69, 9.17) is 4.74 Å². The summed E-state index contributed by atoms with van der Waals surface area (Å²) in [5, 5.41) is 2.21. The van der Waals surface area contributed by atoms with E-state index in [-0.39, 0.29) is 5.57 Å². The molecule has 0 saturated carbocycles. The number of barbiturate groups is 1. The van der Waals surface area contributed by atoms with Crippen molar-refractivity contribution in [3.63, 3.8) is 0 Å². The molecule has 0 spiro atoms. The third-order valence-corrected chi connectivity index (χ3v) is 5.32. The predicted molar refractivity (Wildman–Crippen MR) is 120 cm³/mol. The van der Waals surface area contributed by atoms with Gasteiger partial charge in [-0.3, -0.25) is 19.9 Å². The van der Waals surface area contributed by atoms with Gasteiger partial charge in [-0.2, -0.15) is 0 Å². The second-order valence-electron chi connectivity index (χ2n) is 7.37. The van der Waals surface area contributed by atoms with E-state index in [1.54, 1.807) is 18.2 Å². The van der Waals surface area contributed by atoms with Gasteiger partial charge in [0.1, 0.15) is 5.57 Å². The van der Waals surface area contributed by atoms with Crippen LogP contribution in [-0.2, 0) is 14.3 Å². The lowest BCUT2D eigenvalue weighted by atomic mass is 10.1. The number of hydrogen-bond acceptors (Lipinski definition) is 6. The van der Waals surface area contributed by atoms with E-state index in [0.29, 0.717) is 16.8 Å². The number of anilines is 1. The Kier molecular flexibility index (Phi) is 5.61. The molecule has 33 heavy (non-hydrogen) atoms. The van der Waals surface area contributed by atoms with Crippen molar-refractivity contribution in [2.45, 2.75) is 13.8 Å². The molecule has 166 valence electrons. The molecule has 0 radical (unpaired) electrons. The minimum atomic E-state index is -0.821. The minimum Gasteiger partial charge on any atom is -0.465 e. The van der Waals surface area contributed by atoms with Crippen LogP contribution in [0.3, 0.4) is 0 Å². The van der Waals surface area contributed by atoms with Crippen LogP contribution in [0.5, 0.6) is 0 Å². The maximum absolute atomic E-state index is 13.1. The van der Waals surface area contributed by atoms with Gasteiger partial charge in [0, 0.05) is 29.5 Å².